The first-order valence-corrected chi connectivity index (χ1v) is 11.2. The monoisotopic (exact) mass is 485 g/mol. The molecular weight excluding hydrogens is 454 g/mol. The number of hydrogen-bond acceptors (Lipinski definition) is 8. The molecule has 0 saturated carbocycles. The first-order valence-electron chi connectivity index (χ1n) is 11.2. The largest absolute Gasteiger partial charge is 0.490 e. The highest BCUT2D eigenvalue weighted by Crippen LogP contribution is 2.24. The molecule has 1 heterocycles. The Balaban J connectivity index is 1.58. The van der Waals surface area contributed by atoms with Crippen molar-refractivity contribution in [1.82, 2.24) is 0 Å². The molecule has 35 heavy (non-hydrogen) atoms. The van der Waals surface area contributed by atoms with Gasteiger partial charge in [0.2, 0.25) is 5.54 Å². The number of hydrogen-bond donors (Lipinski definition) is 3. The molecule has 0 aliphatic carbocycles. The number of rotatable bonds is 9. The van der Waals surface area contributed by atoms with Crippen molar-refractivity contribution in [2.75, 3.05) is 18.1 Å². The molecule has 0 spiro atoms. The van der Waals surface area contributed by atoms with Crippen LogP contribution in [-0.4, -0.2) is 53.5 Å². The quantitative estimate of drug-likeness (QED) is 0.358. The summed E-state index contributed by atoms with van der Waals surface area (Å²) in [4.78, 5) is 38.0. The van der Waals surface area contributed by atoms with E-state index in [2.05, 4.69) is 0 Å². The molecule has 2 aromatic rings. The minimum absolute atomic E-state index is 0.135. The van der Waals surface area contributed by atoms with Crippen LogP contribution in [0.3, 0.4) is 0 Å². The van der Waals surface area contributed by atoms with E-state index in [0.717, 1.165) is 5.56 Å². The van der Waals surface area contributed by atoms with Gasteiger partial charge in [-0.1, -0.05) is 24.3 Å². The minimum atomic E-state index is -2.22. The highest BCUT2D eigenvalue weighted by Gasteiger charge is 2.45. The summed E-state index contributed by atoms with van der Waals surface area (Å²) in [5.74, 6) is -1.99. The number of benzene rings is 2. The third-order valence-corrected chi connectivity index (χ3v) is 5.34. The number of amides is 1. The molecule has 2 atom stereocenters. The van der Waals surface area contributed by atoms with Crippen molar-refractivity contribution in [3.63, 3.8) is 0 Å². The van der Waals surface area contributed by atoms with Crippen molar-refractivity contribution in [1.29, 1.82) is 0 Å². The standard InChI is InChI=1S/C25H31N3O7/c1-24(2,3)35-22(31)25(27,21(29)30)12-16-6-10-19(11-7-16)33-15-20-14-28(23(32)34-20)18-8-4-17(13-26)5-9-18/h4-11,20H,12-15,26-27H2,1-3H3,(H,29,30). The topological polar surface area (TPSA) is 154 Å². The van der Waals surface area contributed by atoms with Crippen molar-refractivity contribution in [3.8, 4) is 5.75 Å². The van der Waals surface area contributed by atoms with Crippen molar-refractivity contribution in [2.24, 2.45) is 11.5 Å². The van der Waals surface area contributed by atoms with E-state index >= 15 is 0 Å². The Labute approximate surface area is 203 Å². The number of anilines is 1. The number of nitrogens with zero attached hydrogens (tertiary/aromatic N) is 1. The highest BCUT2D eigenvalue weighted by molar-refractivity contribution is 6.04. The molecule has 1 amide bonds. The molecule has 0 bridgehead atoms. The summed E-state index contributed by atoms with van der Waals surface area (Å²) in [6, 6.07) is 13.9. The minimum Gasteiger partial charge on any atom is -0.490 e. The van der Waals surface area contributed by atoms with Gasteiger partial charge in [-0.05, 0) is 56.2 Å². The Morgan fingerprint density at radius 3 is 2.23 bits per heavy atom. The summed E-state index contributed by atoms with van der Waals surface area (Å²) < 4.78 is 16.3. The molecule has 0 radical (unpaired) electrons. The lowest BCUT2D eigenvalue weighted by Crippen LogP contribution is -2.58. The van der Waals surface area contributed by atoms with Gasteiger partial charge < -0.3 is 30.8 Å². The molecule has 2 unspecified atom stereocenters. The van der Waals surface area contributed by atoms with Gasteiger partial charge in [0.15, 0.2) is 6.10 Å². The summed E-state index contributed by atoms with van der Waals surface area (Å²) in [6.07, 6.45) is -1.17. The normalized spacial score (nSPS) is 17.5. The Kier molecular flexibility index (Phi) is 7.67. The zero-order chi connectivity index (χ0) is 25.8. The molecular formula is C25H31N3O7. The number of carboxylic acids is 1. The number of aliphatic carboxylic acids is 1. The van der Waals surface area contributed by atoms with Gasteiger partial charge in [0.05, 0.1) is 6.54 Å². The molecule has 1 fully saturated rings. The fourth-order valence-corrected chi connectivity index (χ4v) is 3.45. The molecule has 1 aliphatic heterocycles. The van der Waals surface area contributed by atoms with E-state index in [-0.39, 0.29) is 13.0 Å². The van der Waals surface area contributed by atoms with E-state index < -0.39 is 35.3 Å². The summed E-state index contributed by atoms with van der Waals surface area (Å²) in [5, 5.41) is 9.57. The Morgan fingerprint density at radius 1 is 1.09 bits per heavy atom. The number of carbonyl (C=O) groups is 3. The zero-order valence-electron chi connectivity index (χ0n) is 20.0. The maximum absolute atomic E-state index is 12.4. The van der Waals surface area contributed by atoms with Gasteiger partial charge >= 0.3 is 18.0 Å². The van der Waals surface area contributed by atoms with Crippen LogP contribution in [0.2, 0.25) is 0 Å². The lowest BCUT2D eigenvalue weighted by molar-refractivity contribution is -0.169. The van der Waals surface area contributed by atoms with Gasteiger partial charge in [-0.25, -0.2) is 14.4 Å². The lowest BCUT2D eigenvalue weighted by Gasteiger charge is -2.28. The highest BCUT2D eigenvalue weighted by atomic mass is 16.6. The number of esters is 1. The zero-order valence-corrected chi connectivity index (χ0v) is 20.0. The second-order valence-electron chi connectivity index (χ2n) is 9.40. The molecule has 1 saturated heterocycles. The molecule has 2 aromatic carbocycles. The van der Waals surface area contributed by atoms with Crippen LogP contribution in [0.15, 0.2) is 48.5 Å². The fourth-order valence-electron chi connectivity index (χ4n) is 3.45. The Morgan fingerprint density at radius 2 is 1.69 bits per heavy atom. The van der Waals surface area contributed by atoms with Crippen molar-refractivity contribution in [2.45, 2.75) is 51.0 Å². The van der Waals surface area contributed by atoms with Crippen LogP contribution in [0.1, 0.15) is 31.9 Å². The molecule has 10 heteroatoms. The van der Waals surface area contributed by atoms with Crippen LogP contribution in [0.25, 0.3) is 0 Å². The van der Waals surface area contributed by atoms with E-state index in [9.17, 15) is 19.5 Å². The number of ether oxygens (including phenoxy) is 3. The van der Waals surface area contributed by atoms with Crippen LogP contribution in [-0.2, 0) is 32.0 Å². The predicted octanol–water partition coefficient (Wildman–Crippen LogP) is 2.22. The van der Waals surface area contributed by atoms with Crippen LogP contribution in [0.5, 0.6) is 5.75 Å². The third kappa shape index (κ3) is 6.49. The van der Waals surface area contributed by atoms with Crippen molar-refractivity contribution < 1.29 is 33.7 Å². The van der Waals surface area contributed by atoms with Gasteiger partial charge in [-0.15, -0.1) is 0 Å². The molecule has 1 aliphatic rings. The Bertz CT molecular complexity index is 1060. The van der Waals surface area contributed by atoms with Gasteiger partial charge in [0.1, 0.15) is 18.0 Å². The average molecular weight is 486 g/mol. The van der Waals surface area contributed by atoms with Crippen LogP contribution in [0, 0.1) is 0 Å². The van der Waals surface area contributed by atoms with Gasteiger partial charge in [-0.2, -0.15) is 0 Å². The Hall–Kier alpha value is -3.63. The summed E-state index contributed by atoms with van der Waals surface area (Å²) in [5.41, 5.74) is 10.6. The third-order valence-electron chi connectivity index (χ3n) is 5.34. The maximum Gasteiger partial charge on any atom is 0.414 e. The lowest BCUT2D eigenvalue weighted by atomic mass is 9.91. The maximum atomic E-state index is 12.4. The molecule has 0 aromatic heterocycles. The van der Waals surface area contributed by atoms with Crippen molar-refractivity contribution in [3.05, 3.63) is 59.7 Å². The van der Waals surface area contributed by atoms with Gasteiger partial charge in [0, 0.05) is 18.7 Å². The molecule has 10 nitrogen and oxygen atoms in total. The van der Waals surface area contributed by atoms with Gasteiger partial charge in [0.25, 0.3) is 0 Å². The number of carboxylic acid groups (broad SMARTS) is 1. The molecule has 5 N–H and O–H groups in total. The average Bonchev–Trinajstić information content (AvgIpc) is 3.17. The summed E-state index contributed by atoms with van der Waals surface area (Å²) in [6.45, 7) is 5.80. The first-order chi connectivity index (χ1) is 16.4. The number of nitrogens with two attached hydrogens (primary N) is 2. The van der Waals surface area contributed by atoms with Crippen LogP contribution in [0.4, 0.5) is 10.5 Å². The molecule has 188 valence electrons. The summed E-state index contributed by atoms with van der Waals surface area (Å²) >= 11 is 0. The van der Waals surface area contributed by atoms with E-state index in [1.54, 1.807) is 45.0 Å². The fraction of sp³-hybridized carbons (Fsp3) is 0.400. The van der Waals surface area contributed by atoms with Crippen LogP contribution >= 0.6 is 0 Å². The van der Waals surface area contributed by atoms with Crippen molar-refractivity contribution >= 4 is 23.7 Å². The molecule has 3 rings (SSSR count). The van der Waals surface area contributed by atoms with E-state index in [1.165, 1.54) is 4.90 Å². The van der Waals surface area contributed by atoms with E-state index in [0.29, 0.717) is 30.1 Å². The smallest absolute Gasteiger partial charge is 0.414 e. The van der Waals surface area contributed by atoms with E-state index in [1.807, 2.05) is 24.3 Å². The predicted molar refractivity (Wildman–Crippen MR) is 128 cm³/mol. The van der Waals surface area contributed by atoms with Crippen LogP contribution < -0.4 is 21.1 Å². The number of cyclic esters (lactones) is 1. The summed E-state index contributed by atoms with van der Waals surface area (Å²) in [7, 11) is 0. The number of carbonyl (C=O) groups excluding carboxylic acids is 2. The van der Waals surface area contributed by atoms with E-state index in [4.69, 9.17) is 25.7 Å². The second kappa shape index (κ2) is 10.3. The SMILES string of the molecule is CC(C)(C)OC(=O)C(N)(Cc1ccc(OCC2CN(c3ccc(CN)cc3)C(=O)O2)cc1)C(=O)O. The first kappa shape index (κ1) is 26.0. The van der Waals surface area contributed by atoms with Gasteiger partial charge in [-0.3, -0.25) is 4.90 Å². The second-order valence-corrected chi connectivity index (χ2v) is 9.40.